The molecule has 2 atom stereocenters. The number of aromatic nitrogens is 1. The lowest BCUT2D eigenvalue weighted by Crippen LogP contribution is -2.45. The number of H-pyrrole nitrogens is 1. The minimum atomic E-state index is -1.03. The third-order valence-electron chi connectivity index (χ3n) is 3.44. The summed E-state index contributed by atoms with van der Waals surface area (Å²) in [5.74, 6) is -1.28. The molecule has 0 saturated heterocycles. The molecule has 3 N–H and O–H groups in total. The van der Waals surface area contributed by atoms with Gasteiger partial charge in [-0.15, -0.1) is 0 Å². The molecule has 6 heteroatoms. The zero-order chi connectivity index (χ0) is 15.4. The quantitative estimate of drug-likeness (QED) is 0.762. The van der Waals surface area contributed by atoms with Gasteiger partial charge in [-0.2, -0.15) is 11.8 Å². The Hall–Kier alpha value is -1.95. The van der Waals surface area contributed by atoms with E-state index in [4.69, 9.17) is 0 Å². The number of amides is 1. The van der Waals surface area contributed by atoms with E-state index < -0.39 is 12.0 Å². The first kappa shape index (κ1) is 15.4. The summed E-state index contributed by atoms with van der Waals surface area (Å²) >= 11 is 1.39. The summed E-state index contributed by atoms with van der Waals surface area (Å²) < 4.78 is 0. The van der Waals surface area contributed by atoms with E-state index in [1.807, 2.05) is 30.5 Å². The van der Waals surface area contributed by atoms with E-state index in [0.29, 0.717) is 0 Å². The molecule has 2 unspecified atom stereocenters. The molecule has 5 nitrogen and oxygen atoms in total. The summed E-state index contributed by atoms with van der Waals surface area (Å²) in [6.45, 7) is 1.75. The second-order valence-corrected chi connectivity index (χ2v) is 6.02. The number of rotatable bonds is 6. The van der Waals surface area contributed by atoms with Crippen LogP contribution in [-0.2, 0) is 16.0 Å². The van der Waals surface area contributed by atoms with E-state index in [1.165, 1.54) is 11.8 Å². The lowest BCUT2D eigenvalue weighted by atomic mass is 10.0. The Balaban J connectivity index is 2.17. The van der Waals surface area contributed by atoms with Crippen LogP contribution in [0.3, 0.4) is 0 Å². The normalized spacial score (nSPS) is 13.8. The maximum absolute atomic E-state index is 11.9. The Morgan fingerprint density at radius 3 is 2.76 bits per heavy atom. The van der Waals surface area contributed by atoms with Gasteiger partial charge in [0.05, 0.1) is 5.25 Å². The first-order chi connectivity index (χ1) is 10.0. The van der Waals surface area contributed by atoms with Crippen LogP contribution in [0.5, 0.6) is 0 Å². The van der Waals surface area contributed by atoms with E-state index in [1.54, 1.807) is 13.1 Å². The fraction of sp³-hybridized carbons (Fsp3) is 0.333. The highest BCUT2D eigenvalue weighted by molar-refractivity contribution is 7.99. The van der Waals surface area contributed by atoms with Crippen LogP contribution in [0.25, 0.3) is 10.9 Å². The minimum absolute atomic E-state index is 0.255. The molecular weight excluding hydrogens is 288 g/mol. The highest BCUT2D eigenvalue weighted by Gasteiger charge is 2.23. The summed E-state index contributed by atoms with van der Waals surface area (Å²) in [5.41, 5.74) is 1.84. The van der Waals surface area contributed by atoms with Gasteiger partial charge in [0.1, 0.15) is 6.04 Å². The summed E-state index contributed by atoms with van der Waals surface area (Å²) in [6.07, 6.45) is 3.87. The molecule has 112 valence electrons. The van der Waals surface area contributed by atoms with Gasteiger partial charge in [-0.3, -0.25) is 4.79 Å². The summed E-state index contributed by atoms with van der Waals surface area (Å²) in [7, 11) is 0. The Morgan fingerprint density at radius 2 is 2.10 bits per heavy atom. The average molecular weight is 306 g/mol. The van der Waals surface area contributed by atoms with Crippen LogP contribution in [0.2, 0.25) is 0 Å². The minimum Gasteiger partial charge on any atom is -0.480 e. The van der Waals surface area contributed by atoms with Gasteiger partial charge < -0.3 is 15.4 Å². The van der Waals surface area contributed by atoms with Crippen molar-refractivity contribution in [2.24, 2.45) is 0 Å². The van der Waals surface area contributed by atoms with Gasteiger partial charge in [-0.25, -0.2) is 4.79 Å². The van der Waals surface area contributed by atoms with Gasteiger partial charge in [0.25, 0.3) is 0 Å². The second-order valence-electron chi connectivity index (χ2n) is 4.84. The van der Waals surface area contributed by atoms with Gasteiger partial charge >= 0.3 is 5.97 Å². The fourth-order valence-corrected chi connectivity index (χ4v) is 2.40. The molecule has 1 heterocycles. The standard InChI is InChI=1S/C15H18N2O3S/c1-9(21-2)14(18)17-13(15(19)20)7-10-8-16-12-6-4-3-5-11(10)12/h3-6,8-9,13,16H,7H2,1-2H3,(H,17,18)(H,19,20). The number of fused-ring (bicyclic) bond motifs is 1. The third kappa shape index (κ3) is 3.58. The number of thioether (sulfide) groups is 1. The van der Waals surface area contributed by atoms with Crippen LogP contribution in [0.15, 0.2) is 30.5 Å². The molecule has 0 spiro atoms. The molecule has 1 aromatic heterocycles. The van der Waals surface area contributed by atoms with Crippen molar-refractivity contribution in [3.8, 4) is 0 Å². The van der Waals surface area contributed by atoms with Crippen LogP contribution >= 0.6 is 11.8 Å². The Kier molecular flexibility index (Phi) is 4.90. The van der Waals surface area contributed by atoms with Crippen molar-refractivity contribution in [2.45, 2.75) is 24.6 Å². The Labute approximate surface area is 127 Å². The molecule has 0 bridgehead atoms. The van der Waals surface area contributed by atoms with Crippen molar-refractivity contribution < 1.29 is 14.7 Å². The monoisotopic (exact) mass is 306 g/mol. The maximum atomic E-state index is 11.9. The molecule has 0 aliphatic rings. The van der Waals surface area contributed by atoms with Crippen molar-refractivity contribution in [3.05, 3.63) is 36.0 Å². The summed E-state index contributed by atoms with van der Waals surface area (Å²) in [4.78, 5) is 26.4. The van der Waals surface area contributed by atoms with Crippen LogP contribution in [0, 0.1) is 0 Å². The number of benzene rings is 1. The van der Waals surface area contributed by atoms with Gasteiger partial charge in [0, 0.05) is 23.5 Å². The predicted molar refractivity (Wildman–Crippen MR) is 84.5 cm³/mol. The Bertz CT molecular complexity index is 653. The molecule has 0 aliphatic heterocycles. The molecule has 0 saturated carbocycles. The summed E-state index contributed by atoms with van der Waals surface area (Å²) in [6, 6.07) is 6.77. The predicted octanol–water partition coefficient (Wildman–Crippen LogP) is 2.03. The SMILES string of the molecule is CSC(C)C(=O)NC(Cc1c[nH]c2ccccc12)C(=O)O. The lowest BCUT2D eigenvalue weighted by molar-refractivity contribution is -0.141. The van der Waals surface area contributed by atoms with E-state index in [-0.39, 0.29) is 17.6 Å². The molecule has 1 amide bonds. The highest BCUT2D eigenvalue weighted by atomic mass is 32.2. The van der Waals surface area contributed by atoms with Crippen molar-refractivity contribution in [1.82, 2.24) is 10.3 Å². The second kappa shape index (κ2) is 6.67. The number of para-hydroxylation sites is 1. The van der Waals surface area contributed by atoms with Gasteiger partial charge in [0.2, 0.25) is 5.91 Å². The third-order valence-corrected chi connectivity index (χ3v) is 4.36. The number of carboxylic acid groups (broad SMARTS) is 1. The van der Waals surface area contributed by atoms with E-state index in [9.17, 15) is 14.7 Å². The summed E-state index contributed by atoms with van der Waals surface area (Å²) in [5, 5.41) is 12.6. The number of aliphatic carboxylic acids is 1. The first-order valence-corrected chi connectivity index (χ1v) is 7.92. The molecule has 0 aliphatic carbocycles. The van der Waals surface area contributed by atoms with Gasteiger partial charge in [-0.1, -0.05) is 18.2 Å². The zero-order valence-electron chi connectivity index (χ0n) is 11.9. The van der Waals surface area contributed by atoms with E-state index >= 15 is 0 Å². The van der Waals surface area contributed by atoms with Crippen LogP contribution in [-0.4, -0.2) is 39.5 Å². The molecule has 2 rings (SSSR count). The lowest BCUT2D eigenvalue weighted by Gasteiger charge is -2.16. The molecule has 0 fully saturated rings. The van der Waals surface area contributed by atoms with Crippen molar-refractivity contribution in [3.63, 3.8) is 0 Å². The number of nitrogens with one attached hydrogen (secondary N) is 2. The van der Waals surface area contributed by atoms with E-state index in [2.05, 4.69) is 10.3 Å². The average Bonchev–Trinajstić information content (AvgIpc) is 2.88. The molecule has 1 aromatic carbocycles. The van der Waals surface area contributed by atoms with Crippen molar-refractivity contribution in [2.75, 3.05) is 6.26 Å². The van der Waals surface area contributed by atoms with Crippen molar-refractivity contribution >= 4 is 34.5 Å². The largest absolute Gasteiger partial charge is 0.480 e. The molecule has 21 heavy (non-hydrogen) atoms. The number of carbonyl (C=O) groups is 2. The van der Waals surface area contributed by atoms with Gasteiger partial charge in [-0.05, 0) is 24.8 Å². The fourth-order valence-electron chi connectivity index (χ4n) is 2.12. The van der Waals surface area contributed by atoms with E-state index in [0.717, 1.165) is 16.5 Å². The topological polar surface area (TPSA) is 82.2 Å². The Morgan fingerprint density at radius 1 is 1.38 bits per heavy atom. The number of hydrogen-bond acceptors (Lipinski definition) is 3. The first-order valence-electron chi connectivity index (χ1n) is 6.64. The molecule has 2 aromatic rings. The number of hydrogen-bond donors (Lipinski definition) is 3. The smallest absolute Gasteiger partial charge is 0.326 e. The number of aromatic amines is 1. The maximum Gasteiger partial charge on any atom is 0.326 e. The highest BCUT2D eigenvalue weighted by Crippen LogP contribution is 2.19. The molecule has 0 radical (unpaired) electrons. The number of carbonyl (C=O) groups excluding carboxylic acids is 1. The molecular formula is C15H18N2O3S. The zero-order valence-corrected chi connectivity index (χ0v) is 12.7. The van der Waals surface area contributed by atoms with Crippen LogP contribution in [0.1, 0.15) is 12.5 Å². The van der Waals surface area contributed by atoms with Crippen molar-refractivity contribution in [1.29, 1.82) is 0 Å². The van der Waals surface area contributed by atoms with Gasteiger partial charge in [0.15, 0.2) is 0 Å². The van der Waals surface area contributed by atoms with Crippen LogP contribution < -0.4 is 5.32 Å². The number of carboxylic acids is 1. The van der Waals surface area contributed by atoms with Crippen LogP contribution in [0.4, 0.5) is 0 Å².